The van der Waals surface area contributed by atoms with Crippen LogP contribution in [0.3, 0.4) is 0 Å². The minimum absolute atomic E-state index is 0.0490. The summed E-state index contributed by atoms with van der Waals surface area (Å²) in [4.78, 5) is 16.4. The number of benzene rings is 2. The Balaban J connectivity index is 1.34. The molecule has 27 heavy (non-hydrogen) atoms. The number of hydrogen-bond acceptors (Lipinski definition) is 3. The Labute approximate surface area is 157 Å². The normalized spacial score (nSPS) is 11.0. The monoisotopic (exact) mass is 359 g/mol. The molecular weight excluding hydrogens is 338 g/mol. The van der Waals surface area contributed by atoms with Crippen LogP contribution < -0.4 is 5.32 Å². The average Bonchev–Trinajstić information content (AvgIpc) is 3.27. The number of fused-ring (bicyclic) bond motifs is 1. The number of nitrogens with zero attached hydrogens (tertiary/aromatic N) is 4. The third-order valence-corrected chi connectivity index (χ3v) is 4.46. The van der Waals surface area contributed by atoms with Crippen molar-refractivity contribution >= 4 is 16.9 Å². The van der Waals surface area contributed by atoms with E-state index in [0.29, 0.717) is 6.54 Å². The molecule has 0 saturated carbocycles. The minimum atomic E-state index is -0.0490. The predicted octanol–water partition coefficient (Wildman–Crippen LogP) is 2.91. The van der Waals surface area contributed by atoms with Crippen molar-refractivity contribution in [1.82, 2.24) is 24.6 Å². The van der Waals surface area contributed by atoms with Crippen LogP contribution in [0, 0.1) is 6.92 Å². The van der Waals surface area contributed by atoms with E-state index in [9.17, 15) is 4.79 Å². The van der Waals surface area contributed by atoms with Gasteiger partial charge in [-0.1, -0.05) is 36.4 Å². The number of rotatable bonds is 6. The van der Waals surface area contributed by atoms with E-state index >= 15 is 0 Å². The predicted molar refractivity (Wildman–Crippen MR) is 104 cm³/mol. The quantitative estimate of drug-likeness (QED) is 0.576. The van der Waals surface area contributed by atoms with Gasteiger partial charge < -0.3 is 9.88 Å². The van der Waals surface area contributed by atoms with Gasteiger partial charge in [0.15, 0.2) is 0 Å². The van der Waals surface area contributed by atoms with Crippen LogP contribution in [0.25, 0.3) is 11.0 Å². The minimum Gasteiger partial charge on any atom is -0.350 e. The van der Waals surface area contributed by atoms with Gasteiger partial charge in [0.2, 0.25) is 5.91 Å². The van der Waals surface area contributed by atoms with Gasteiger partial charge in [-0.3, -0.25) is 9.48 Å². The first-order valence-corrected chi connectivity index (χ1v) is 8.91. The number of nitrogens with one attached hydrogen (secondary N) is 1. The molecule has 0 aliphatic rings. The van der Waals surface area contributed by atoms with Gasteiger partial charge in [0.05, 0.1) is 23.6 Å². The summed E-state index contributed by atoms with van der Waals surface area (Å²) in [5.41, 5.74) is 5.44. The standard InChI is InChI=1S/C21H21N5O/c1-16-10-24-26(12-16)14-21(27)22-11-17-6-8-18(9-7-17)13-25-15-23-19-4-2-3-5-20(19)25/h2-10,12,15H,11,13-14H2,1H3,(H,22,27). The molecule has 136 valence electrons. The zero-order valence-electron chi connectivity index (χ0n) is 15.2. The molecule has 0 radical (unpaired) electrons. The zero-order chi connectivity index (χ0) is 18.6. The highest BCUT2D eigenvalue weighted by atomic mass is 16.2. The van der Waals surface area contributed by atoms with Gasteiger partial charge in [-0.15, -0.1) is 0 Å². The Morgan fingerprint density at radius 1 is 1.07 bits per heavy atom. The van der Waals surface area contributed by atoms with E-state index in [1.807, 2.05) is 49.8 Å². The molecule has 0 atom stereocenters. The fourth-order valence-electron chi connectivity index (χ4n) is 3.05. The summed E-state index contributed by atoms with van der Waals surface area (Å²) >= 11 is 0. The van der Waals surface area contributed by atoms with Crippen molar-refractivity contribution < 1.29 is 4.79 Å². The van der Waals surface area contributed by atoms with Crippen molar-refractivity contribution in [2.45, 2.75) is 26.6 Å². The second kappa shape index (κ2) is 7.45. The van der Waals surface area contributed by atoms with Crippen molar-refractivity contribution in [3.05, 3.63) is 83.9 Å². The topological polar surface area (TPSA) is 64.7 Å². The van der Waals surface area contributed by atoms with Crippen molar-refractivity contribution in [3.63, 3.8) is 0 Å². The smallest absolute Gasteiger partial charge is 0.241 e. The molecular formula is C21H21N5O. The highest BCUT2D eigenvalue weighted by molar-refractivity contribution is 5.75. The summed E-state index contributed by atoms with van der Waals surface area (Å²) in [5, 5.41) is 7.06. The summed E-state index contributed by atoms with van der Waals surface area (Å²) in [6.45, 7) is 3.47. The van der Waals surface area contributed by atoms with E-state index in [2.05, 4.69) is 38.2 Å². The van der Waals surface area contributed by atoms with Crippen LogP contribution in [0.4, 0.5) is 0 Å². The summed E-state index contributed by atoms with van der Waals surface area (Å²) in [5.74, 6) is -0.0490. The number of carbonyl (C=O) groups excluding carboxylic acids is 1. The molecule has 6 nitrogen and oxygen atoms in total. The second-order valence-corrected chi connectivity index (χ2v) is 6.67. The first-order chi connectivity index (χ1) is 13.2. The molecule has 2 aromatic heterocycles. The zero-order valence-corrected chi connectivity index (χ0v) is 15.2. The maximum Gasteiger partial charge on any atom is 0.241 e. The molecule has 0 fully saturated rings. The molecule has 0 spiro atoms. The van der Waals surface area contributed by atoms with Gasteiger partial charge in [0, 0.05) is 19.3 Å². The van der Waals surface area contributed by atoms with Crippen LogP contribution in [0.15, 0.2) is 67.3 Å². The van der Waals surface area contributed by atoms with Crippen molar-refractivity contribution in [2.75, 3.05) is 0 Å². The second-order valence-electron chi connectivity index (χ2n) is 6.67. The Hall–Kier alpha value is -3.41. The highest BCUT2D eigenvalue weighted by Gasteiger charge is 2.05. The molecule has 0 unspecified atom stereocenters. The van der Waals surface area contributed by atoms with Crippen LogP contribution in [0.2, 0.25) is 0 Å². The van der Waals surface area contributed by atoms with Gasteiger partial charge in [-0.05, 0) is 35.7 Å². The average molecular weight is 359 g/mol. The number of aryl methyl sites for hydroxylation is 1. The van der Waals surface area contributed by atoms with Crippen molar-refractivity contribution in [1.29, 1.82) is 0 Å². The molecule has 1 amide bonds. The molecule has 0 saturated heterocycles. The van der Waals surface area contributed by atoms with Gasteiger partial charge in [0.1, 0.15) is 6.54 Å². The number of imidazole rings is 1. The molecule has 6 heteroatoms. The molecule has 0 bridgehead atoms. The van der Waals surface area contributed by atoms with Gasteiger partial charge in [-0.25, -0.2) is 4.98 Å². The largest absolute Gasteiger partial charge is 0.350 e. The number of amides is 1. The lowest BCUT2D eigenvalue weighted by molar-refractivity contribution is -0.122. The van der Waals surface area contributed by atoms with E-state index in [0.717, 1.165) is 28.7 Å². The van der Waals surface area contributed by atoms with Crippen LogP contribution in [0.1, 0.15) is 16.7 Å². The lowest BCUT2D eigenvalue weighted by Gasteiger charge is -2.08. The Morgan fingerprint density at radius 2 is 1.85 bits per heavy atom. The molecule has 0 aliphatic heterocycles. The van der Waals surface area contributed by atoms with Crippen molar-refractivity contribution in [3.8, 4) is 0 Å². The number of carbonyl (C=O) groups is 1. The lowest BCUT2D eigenvalue weighted by Crippen LogP contribution is -2.27. The summed E-state index contributed by atoms with van der Waals surface area (Å²) in [7, 11) is 0. The SMILES string of the molecule is Cc1cnn(CC(=O)NCc2ccc(Cn3cnc4ccccc43)cc2)c1. The van der Waals surface area contributed by atoms with E-state index in [1.54, 1.807) is 10.9 Å². The maximum atomic E-state index is 12.0. The van der Waals surface area contributed by atoms with E-state index in [1.165, 1.54) is 5.56 Å². The van der Waals surface area contributed by atoms with Crippen LogP contribution in [-0.4, -0.2) is 25.2 Å². The number of aromatic nitrogens is 4. The molecule has 2 aromatic carbocycles. The van der Waals surface area contributed by atoms with E-state index in [-0.39, 0.29) is 12.5 Å². The van der Waals surface area contributed by atoms with Crippen LogP contribution >= 0.6 is 0 Å². The summed E-state index contributed by atoms with van der Waals surface area (Å²) < 4.78 is 3.78. The first kappa shape index (κ1) is 17.0. The molecule has 2 heterocycles. The Bertz CT molecular complexity index is 1060. The van der Waals surface area contributed by atoms with E-state index < -0.39 is 0 Å². The van der Waals surface area contributed by atoms with Crippen LogP contribution in [-0.2, 0) is 24.4 Å². The maximum absolute atomic E-state index is 12.0. The molecule has 0 aliphatic carbocycles. The molecule has 4 rings (SSSR count). The van der Waals surface area contributed by atoms with Crippen LogP contribution in [0.5, 0.6) is 0 Å². The van der Waals surface area contributed by atoms with E-state index in [4.69, 9.17) is 0 Å². The van der Waals surface area contributed by atoms with Gasteiger partial charge in [0.25, 0.3) is 0 Å². The lowest BCUT2D eigenvalue weighted by atomic mass is 10.1. The third-order valence-electron chi connectivity index (χ3n) is 4.46. The summed E-state index contributed by atoms with van der Waals surface area (Å²) in [6, 6.07) is 16.4. The van der Waals surface area contributed by atoms with Gasteiger partial charge in [-0.2, -0.15) is 5.10 Å². The molecule has 1 N–H and O–H groups in total. The van der Waals surface area contributed by atoms with Crippen molar-refractivity contribution in [2.24, 2.45) is 0 Å². The first-order valence-electron chi connectivity index (χ1n) is 8.91. The Kier molecular flexibility index (Phi) is 4.70. The molecule has 4 aromatic rings. The fourth-order valence-corrected chi connectivity index (χ4v) is 3.05. The highest BCUT2D eigenvalue weighted by Crippen LogP contribution is 2.14. The van der Waals surface area contributed by atoms with Gasteiger partial charge >= 0.3 is 0 Å². The number of para-hydroxylation sites is 2. The summed E-state index contributed by atoms with van der Waals surface area (Å²) in [6.07, 6.45) is 5.47. The Morgan fingerprint density at radius 3 is 2.63 bits per heavy atom. The fraction of sp³-hybridized carbons (Fsp3) is 0.190. The number of hydrogen-bond donors (Lipinski definition) is 1. The third kappa shape index (κ3) is 4.06.